The monoisotopic (exact) mass is 679 g/mol. The van der Waals surface area contributed by atoms with E-state index in [0.29, 0.717) is 58.0 Å². The predicted octanol–water partition coefficient (Wildman–Crippen LogP) is 5.27. The lowest BCUT2D eigenvalue weighted by atomic mass is 10.0. The quantitative estimate of drug-likeness (QED) is 0.212. The minimum absolute atomic E-state index is 0.0313. The predicted molar refractivity (Wildman–Crippen MR) is 187 cm³/mol. The summed E-state index contributed by atoms with van der Waals surface area (Å²) in [5.41, 5.74) is 1.91. The molecule has 0 radical (unpaired) electrons. The minimum atomic E-state index is -0.557. The number of aldehydes is 1. The number of pyridine rings is 1. The summed E-state index contributed by atoms with van der Waals surface area (Å²) in [6.07, 6.45) is 5.24. The fourth-order valence-corrected chi connectivity index (χ4v) is 7.79. The molecule has 12 heteroatoms. The largest absolute Gasteiger partial charge is 0.462 e. The zero-order chi connectivity index (χ0) is 33.6. The molecule has 1 amide bonds. The van der Waals surface area contributed by atoms with Gasteiger partial charge in [0.15, 0.2) is 5.82 Å². The minimum Gasteiger partial charge on any atom is -0.462 e. The van der Waals surface area contributed by atoms with Crippen LogP contribution < -0.4 is 20.3 Å². The Morgan fingerprint density at radius 2 is 1.82 bits per heavy atom. The topological polar surface area (TPSA) is 113 Å². The Labute approximate surface area is 287 Å². The van der Waals surface area contributed by atoms with Gasteiger partial charge >= 0.3 is 6.01 Å². The fraction of sp³-hybridized carbons (Fsp3) is 0.324. The van der Waals surface area contributed by atoms with Crippen molar-refractivity contribution in [2.45, 2.75) is 43.4 Å². The van der Waals surface area contributed by atoms with E-state index < -0.39 is 5.82 Å². The van der Waals surface area contributed by atoms with Gasteiger partial charge in [0.25, 0.3) is 5.91 Å². The molecule has 250 valence electrons. The Kier molecular flexibility index (Phi) is 8.35. The first kappa shape index (κ1) is 31.6. The third kappa shape index (κ3) is 6.07. The Bertz CT molecular complexity index is 2060. The number of carbonyl (C=O) groups excluding carboxylic acids is 2. The molecular weight excluding hydrogens is 645 g/mol. The van der Waals surface area contributed by atoms with Crippen LogP contribution in [0.3, 0.4) is 0 Å². The van der Waals surface area contributed by atoms with E-state index in [0.717, 1.165) is 43.0 Å². The number of nitrogens with zero attached hydrogens (tertiary/aromatic N) is 5. The van der Waals surface area contributed by atoms with Crippen molar-refractivity contribution in [2.24, 2.45) is 0 Å². The van der Waals surface area contributed by atoms with Crippen LogP contribution in [0.25, 0.3) is 32.9 Å². The van der Waals surface area contributed by atoms with E-state index in [1.807, 2.05) is 37.4 Å². The van der Waals surface area contributed by atoms with Gasteiger partial charge in [0, 0.05) is 77.1 Å². The highest BCUT2D eigenvalue weighted by Gasteiger charge is 2.35. The van der Waals surface area contributed by atoms with Crippen molar-refractivity contribution in [2.75, 3.05) is 38.2 Å². The van der Waals surface area contributed by atoms with Gasteiger partial charge in [0.2, 0.25) is 0 Å². The number of benzene rings is 3. The van der Waals surface area contributed by atoms with Crippen LogP contribution in [0.4, 0.5) is 10.2 Å². The van der Waals surface area contributed by atoms with Crippen molar-refractivity contribution < 1.29 is 18.7 Å². The number of hydrogen-bond donors (Lipinski definition) is 2. The summed E-state index contributed by atoms with van der Waals surface area (Å²) in [6.45, 7) is 2.38. The van der Waals surface area contributed by atoms with Gasteiger partial charge in [-0.15, -0.1) is 0 Å². The Morgan fingerprint density at radius 1 is 1.06 bits per heavy atom. The number of ether oxygens (including phenoxy) is 1. The number of carbonyl (C=O) groups is 2. The summed E-state index contributed by atoms with van der Waals surface area (Å²) in [5, 5.41) is 9.41. The molecule has 0 unspecified atom stereocenters. The molecular formula is C37H35ClFN7O3. The molecule has 0 aliphatic carbocycles. The average Bonchev–Trinajstić information content (AvgIpc) is 3.65. The van der Waals surface area contributed by atoms with E-state index in [9.17, 15) is 9.59 Å². The van der Waals surface area contributed by atoms with Crippen LogP contribution in [0.1, 0.15) is 40.0 Å². The SMILES string of the molecule is CN1C[C@H](NC(=O)c2ccc(C=O)cc2)C[C@H]1COc1nc(N2C[C@H]3CC[C@@H](C2)N3)c2cnc(-c3cccc4cccc(Cl)c34)c(F)c2n1. The molecule has 10 nitrogen and oxygen atoms in total. The van der Waals surface area contributed by atoms with Crippen LogP contribution >= 0.6 is 11.6 Å². The van der Waals surface area contributed by atoms with Gasteiger partial charge in [-0.25, -0.2) is 4.39 Å². The van der Waals surface area contributed by atoms with Crippen LogP contribution in [0.2, 0.25) is 5.02 Å². The van der Waals surface area contributed by atoms with Gasteiger partial charge in [0.05, 0.1) is 5.39 Å². The Balaban J connectivity index is 1.08. The van der Waals surface area contributed by atoms with Crippen LogP contribution in [-0.4, -0.2) is 89.5 Å². The second-order valence-electron chi connectivity index (χ2n) is 13.2. The first-order chi connectivity index (χ1) is 23.8. The second-order valence-corrected chi connectivity index (χ2v) is 13.7. The first-order valence-corrected chi connectivity index (χ1v) is 17.0. The lowest BCUT2D eigenvalue weighted by Gasteiger charge is -2.34. The number of rotatable bonds is 8. The van der Waals surface area contributed by atoms with E-state index in [4.69, 9.17) is 21.3 Å². The number of likely N-dealkylation sites (N-methyl/N-ethyl adjacent to an activating group) is 1. The van der Waals surface area contributed by atoms with E-state index >= 15 is 4.39 Å². The lowest BCUT2D eigenvalue weighted by Crippen LogP contribution is -2.51. The third-order valence-electron chi connectivity index (χ3n) is 10.0. The summed E-state index contributed by atoms with van der Waals surface area (Å²) in [4.78, 5) is 42.3. The molecule has 2 aromatic heterocycles. The number of halogens is 2. The summed E-state index contributed by atoms with van der Waals surface area (Å²) in [5.74, 6) is -0.145. The maximum atomic E-state index is 16.7. The number of hydrogen-bond acceptors (Lipinski definition) is 9. The first-order valence-electron chi connectivity index (χ1n) is 16.6. The molecule has 2 N–H and O–H groups in total. The normalized spacial score (nSPS) is 22.1. The smallest absolute Gasteiger partial charge is 0.319 e. The Hall–Kier alpha value is -4.71. The molecule has 2 bridgehead atoms. The van der Waals surface area contributed by atoms with Gasteiger partial charge < -0.3 is 20.3 Å². The van der Waals surface area contributed by atoms with Crippen molar-refractivity contribution in [1.29, 1.82) is 0 Å². The van der Waals surface area contributed by atoms with Crippen molar-refractivity contribution in [3.8, 4) is 17.3 Å². The lowest BCUT2D eigenvalue weighted by molar-refractivity contribution is 0.0937. The molecule has 3 fully saturated rings. The van der Waals surface area contributed by atoms with Crippen LogP contribution in [-0.2, 0) is 0 Å². The van der Waals surface area contributed by atoms with Crippen molar-refractivity contribution in [3.05, 3.63) is 88.8 Å². The molecule has 5 aromatic rings. The maximum absolute atomic E-state index is 16.7. The molecule has 0 saturated carbocycles. The molecule has 4 atom stereocenters. The van der Waals surface area contributed by atoms with E-state index in [1.54, 1.807) is 36.5 Å². The number of anilines is 1. The number of fused-ring (bicyclic) bond motifs is 4. The van der Waals surface area contributed by atoms with Gasteiger partial charge in [-0.2, -0.15) is 9.97 Å². The molecule has 3 saturated heterocycles. The van der Waals surface area contributed by atoms with Gasteiger partial charge in [0.1, 0.15) is 29.9 Å². The molecule has 3 aromatic carbocycles. The van der Waals surface area contributed by atoms with E-state index in [1.165, 1.54) is 0 Å². The zero-order valence-corrected chi connectivity index (χ0v) is 27.7. The molecule has 3 aliphatic heterocycles. The summed E-state index contributed by atoms with van der Waals surface area (Å²) >= 11 is 6.62. The van der Waals surface area contributed by atoms with Gasteiger partial charge in [-0.05, 0) is 49.9 Å². The number of piperazine rings is 1. The van der Waals surface area contributed by atoms with Gasteiger partial charge in [-0.3, -0.25) is 19.5 Å². The zero-order valence-electron chi connectivity index (χ0n) is 26.9. The molecule has 49 heavy (non-hydrogen) atoms. The van der Waals surface area contributed by atoms with Crippen molar-refractivity contribution >= 4 is 51.3 Å². The fourth-order valence-electron chi connectivity index (χ4n) is 7.51. The molecule has 5 heterocycles. The second kappa shape index (κ2) is 13.0. The average molecular weight is 680 g/mol. The number of nitrogens with one attached hydrogen (secondary N) is 2. The molecule has 3 aliphatic rings. The van der Waals surface area contributed by atoms with Crippen molar-refractivity contribution in [1.82, 2.24) is 30.5 Å². The van der Waals surface area contributed by atoms with Gasteiger partial charge in [-0.1, -0.05) is 54.1 Å². The number of aromatic nitrogens is 3. The third-order valence-corrected chi connectivity index (χ3v) is 10.3. The highest BCUT2D eigenvalue weighted by molar-refractivity contribution is 6.36. The van der Waals surface area contributed by atoms with Crippen LogP contribution in [0.5, 0.6) is 6.01 Å². The van der Waals surface area contributed by atoms with Crippen LogP contribution in [0, 0.1) is 5.82 Å². The highest BCUT2D eigenvalue weighted by Crippen LogP contribution is 2.38. The highest BCUT2D eigenvalue weighted by atomic mass is 35.5. The van der Waals surface area contributed by atoms with Crippen LogP contribution in [0.15, 0.2) is 66.9 Å². The van der Waals surface area contributed by atoms with E-state index in [-0.39, 0.29) is 41.8 Å². The Morgan fingerprint density at radius 3 is 2.57 bits per heavy atom. The number of likely N-dealkylation sites (tertiary alicyclic amines) is 1. The summed E-state index contributed by atoms with van der Waals surface area (Å²) in [6, 6.07) is 18.4. The molecule has 8 rings (SSSR count). The molecule has 0 spiro atoms. The maximum Gasteiger partial charge on any atom is 0.319 e. The standard InChI is InChI=1S/C37H35ClFN7O3/c1-45-16-26(42-36(48)23-10-8-21(19-47)9-11-23)14-27(45)20-49-37-43-34-29(35(44-37)46-17-24-12-13-25(18-46)41-24)15-40-33(32(34)39)28-6-2-4-22-5-3-7-30(38)31(22)28/h2-11,15,19,24-27,41H,12-14,16-18,20H2,1H3,(H,42,48)/t24-,25+,26-,27+/m1/s1. The summed E-state index contributed by atoms with van der Waals surface area (Å²) in [7, 11) is 1.98. The number of amides is 1. The van der Waals surface area contributed by atoms with E-state index in [2.05, 4.69) is 30.4 Å². The van der Waals surface area contributed by atoms with Crippen molar-refractivity contribution in [3.63, 3.8) is 0 Å². The summed E-state index contributed by atoms with van der Waals surface area (Å²) < 4.78 is 23.0.